The Kier molecular flexibility index (Phi) is 6.67. The van der Waals surface area contributed by atoms with Crippen molar-refractivity contribution in [1.82, 2.24) is 9.71 Å². The number of sulfonamides is 1. The minimum atomic E-state index is -3.60. The van der Waals surface area contributed by atoms with Crippen LogP contribution in [0, 0.1) is 0 Å². The summed E-state index contributed by atoms with van der Waals surface area (Å²) in [5.74, 6) is 0.108. The first-order valence-electron chi connectivity index (χ1n) is 6.35. The summed E-state index contributed by atoms with van der Waals surface area (Å²) in [5.41, 5.74) is 5.44. The van der Waals surface area contributed by atoms with E-state index in [1.54, 1.807) is 0 Å². The lowest BCUT2D eigenvalue weighted by Gasteiger charge is -2.09. The van der Waals surface area contributed by atoms with E-state index in [1.807, 2.05) is 13.8 Å². The van der Waals surface area contributed by atoms with E-state index in [-0.39, 0.29) is 21.8 Å². The van der Waals surface area contributed by atoms with Crippen molar-refractivity contribution in [3.05, 3.63) is 17.3 Å². The number of hydrogen-bond donors (Lipinski definition) is 2. The highest BCUT2D eigenvalue weighted by Gasteiger charge is 2.15. The number of halogens is 1. The zero-order valence-electron chi connectivity index (χ0n) is 11.6. The van der Waals surface area contributed by atoms with Gasteiger partial charge in [0, 0.05) is 19.3 Å². The summed E-state index contributed by atoms with van der Waals surface area (Å²) in [5, 5.41) is 0.123. The van der Waals surface area contributed by atoms with Crippen molar-refractivity contribution < 1.29 is 13.2 Å². The van der Waals surface area contributed by atoms with Gasteiger partial charge in [-0.15, -0.1) is 0 Å². The molecular weight excluding hydrogens is 302 g/mol. The van der Waals surface area contributed by atoms with Crippen LogP contribution in [0.5, 0.6) is 0 Å². The summed E-state index contributed by atoms with van der Waals surface area (Å²) in [7, 11) is -3.60. The molecule has 0 saturated carbocycles. The fraction of sp³-hybridized carbons (Fsp3) is 0.583. The van der Waals surface area contributed by atoms with E-state index in [2.05, 4.69) is 9.71 Å². The standard InChI is InChI=1S/C12H20ClN3O3S/c1-9(2)19-6-4-3-5-16-20(17,18)10-7-11(13)12(14)15-8-10/h7-9,16H,3-6H2,1-2H3,(H2,14,15). The van der Waals surface area contributed by atoms with Gasteiger partial charge in [0.25, 0.3) is 0 Å². The largest absolute Gasteiger partial charge is 0.382 e. The van der Waals surface area contributed by atoms with Crippen LogP contribution in [0.4, 0.5) is 5.82 Å². The van der Waals surface area contributed by atoms with Crippen LogP contribution in [-0.4, -0.2) is 32.7 Å². The van der Waals surface area contributed by atoms with Gasteiger partial charge >= 0.3 is 0 Å². The Balaban J connectivity index is 2.43. The van der Waals surface area contributed by atoms with Crippen molar-refractivity contribution in [2.24, 2.45) is 0 Å². The molecule has 1 heterocycles. The first-order valence-corrected chi connectivity index (χ1v) is 8.21. The number of nitrogens with two attached hydrogens (primary N) is 1. The molecule has 8 heteroatoms. The molecule has 6 nitrogen and oxygen atoms in total. The van der Waals surface area contributed by atoms with E-state index >= 15 is 0 Å². The van der Waals surface area contributed by atoms with Crippen LogP contribution in [0.3, 0.4) is 0 Å². The predicted molar refractivity (Wildman–Crippen MR) is 79.2 cm³/mol. The number of nitrogen functional groups attached to an aromatic ring is 1. The number of hydrogen-bond acceptors (Lipinski definition) is 5. The minimum Gasteiger partial charge on any atom is -0.382 e. The van der Waals surface area contributed by atoms with E-state index in [0.29, 0.717) is 19.6 Å². The third-order valence-corrected chi connectivity index (χ3v) is 4.20. The molecule has 0 radical (unpaired) electrons. The van der Waals surface area contributed by atoms with Crippen molar-refractivity contribution in [1.29, 1.82) is 0 Å². The molecule has 1 rings (SSSR count). The number of pyridine rings is 1. The summed E-state index contributed by atoms with van der Waals surface area (Å²) in [6, 6.07) is 1.29. The molecule has 0 saturated heterocycles. The molecule has 0 spiro atoms. The zero-order chi connectivity index (χ0) is 15.2. The number of nitrogens with zero attached hydrogens (tertiary/aromatic N) is 1. The van der Waals surface area contributed by atoms with Crippen LogP contribution >= 0.6 is 11.6 Å². The van der Waals surface area contributed by atoms with Crippen molar-refractivity contribution in [2.75, 3.05) is 18.9 Å². The molecule has 20 heavy (non-hydrogen) atoms. The maximum atomic E-state index is 12.0. The second kappa shape index (κ2) is 7.78. The Morgan fingerprint density at radius 2 is 2.15 bits per heavy atom. The van der Waals surface area contributed by atoms with E-state index in [4.69, 9.17) is 22.1 Å². The molecule has 0 aliphatic carbocycles. The zero-order valence-corrected chi connectivity index (χ0v) is 13.2. The lowest BCUT2D eigenvalue weighted by molar-refractivity contribution is 0.0762. The molecule has 1 aromatic rings. The maximum Gasteiger partial charge on any atom is 0.242 e. The van der Waals surface area contributed by atoms with Gasteiger partial charge in [0.15, 0.2) is 0 Å². The highest BCUT2D eigenvalue weighted by molar-refractivity contribution is 7.89. The van der Waals surface area contributed by atoms with Gasteiger partial charge in [-0.25, -0.2) is 18.1 Å². The molecule has 3 N–H and O–H groups in total. The highest BCUT2D eigenvalue weighted by atomic mass is 35.5. The van der Waals surface area contributed by atoms with Gasteiger partial charge in [-0.3, -0.25) is 0 Å². The van der Waals surface area contributed by atoms with Crippen LogP contribution < -0.4 is 10.5 Å². The fourth-order valence-corrected chi connectivity index (χ4v) is 2.69. The summed E-state index contributed by atoms with van der Waals surface area (Å²) in [6.45, 7) is 4.88. The third kappa shape index (κ3) is 5.62. The summed E-state index contributed by atoms with van der Waals surface area (Å²) in [4.78, 5) is 3.74. The predicted octanol–water partition coefficient (Wildman–Crippen LogP) is 1.80. The molecule has 1 aromatic heterocycles. The van der Waals surface area contributed by atoms with Crippen molar-refractivity contribution >= 4 is 27.4 Å². The molecule has 0 unspecified atom stereocenters. The van der Waals surface area contributed by atoms with Crippen LogP contribution in [0.15, 0.2) is 17.2 Å². The molecular formula is C12H20ClN3O3S. The van der Waals surface area contributed by atoms with E-state index in [0.717, 1.165) is 6.42 Å². The molecule has 114 valence electrons. The van der Waals surface area contributed by atoms with Crippen molar-refractivity contribution in [3.8, 4) is 0 Å². The van der Waals surface area contributed by atoms with E-state index in [9.17, 15) is 8.42 Å². The number of rotatable bonds is 8. The average molecular weight is 322 g/mol. The number of aromatic nitrogens is 1. The monoisotopic (exact) mass is 321 g/mol. The van der Waals surface area contributed by atoms with Crippen LogP contribution in [-0.2, 0) is 14.8 Å². The average Bonchev–Trinajstić information content (AvgIpc) is 2.36. The molecule has 0 bridgehead atoms. The summed E-state index contributed by atoms with van der Waals surface area (Å²) in [6.07, 6.45) is 2.87. The summed E-state index contributed by atoms with van der Waals surface area (Å²) >= 11 is 5.76. The van der Waals surface area contributed by atoms with E-state index in [1.165, 1.54) is 12.3 Å². The number of anilines is 1. The molecule has 0 fully saturated rings. The first kappa shape index (κ1) is 17.2. The number of unbranched alkanes of at least 4 members (excludes halogenated alkanes) is 1. The quantitative estimate of drug-likeness (QED) is 0.712. The highest BCUT2D eigenvalue weighted by Crippen LogP contribution is 2.19. The van der Waals surface area contributed by atoms with Crippen LogP contribution in [0.1, 0.15) is 26.7 Å². The van der Waals surface area contributed by atoms with Gasteiger partial charge in [-0.1, -0.05) is 11.6 Å². The van der Waals surface area contributed by atoms with Gasteiger partial charge in [-0.05, 0) is 32.8 Å². The lowest BCUT2D eigenvalue weighted by atomic mass is 10.3. The normalized spacial score (nSPS) is 12.0. The van der Waals surface area contributed by atoms with Gasteiger partial charge in [0.2, 0.25) is 10.0 Å². The number of nitrogens with one attached hydrogen (secondary N) is 1. The Bertz CT molecular complexity index is 535. The Morgan fingerprint density at radius 1 is 1.45 bits per heavy atom. The van der Waals surface area contributed by atoms with Gasteiger partial charge in [0.1, 0.15) is 10.7 Å². The molecule has 0 aliphatic rings. The smallest absolute Gasteiger partial charge is 0.242 e. The first-order chi connectivity index (χ1) is 9.33. The minimum absolute atomic E-state index is 0.00938. The topological polar surface area (TPSA) is 94.3 Å². The molecule has 0 atom stereocenters. The Labute approximate surface area is 124 Å². The molecule has 0 aromatic carbocycles. The Morgan fingerprint density at radius 3 is 2.75 bits per heavy atom. The SMILES string of the molecule is CC(C)OCCCCNS(=O)(=O)c1cnc(N)c(Cl)c1. The molecule has 0 aliphatic heterocycles. The number of ether oxygens (including phenoxy) is 1. The van der Waals surface area contributed by atoms with Gasteiger partial charge < -0.3 is 10.5 Å². The van der Waals surface area contributed by atoms with Crippen LogP contribution in [0.25, 0.3) is 0 Å². The lowest BCUT2D eigenvalue weighted by Crippen LogP contribution is -2.25. The second-order valence-electron chi connectivity index (χ2n) is 4.56. The molecule has 0 amide bonds. The maximum absolute atomic E-state index is 12.0. The second-order valence-corrected chi connectivity index (χ2v) is 6.74. The fourth-order valence-electron chi connectivity index (χ4n) is 1.41. The van der Waals surface area contributed by atoms with Crippen molar-refractivity contribution in [3.63, 3.8) is 0 Å². The van der Waals surface area contributed by atoms with Crippen LogP contribution in [0.2, 0.25) is 5.02 Å². The van der Waals surface area contributed by atoms with Gasteiger partial charge in [0.05, 0.1) is 11.1 Å². The van der Waals surface area contributed by atoms with Crippen molar-refractivity contribution in [2.45, 2.75) is 37.7 Å². The third-order valence-electron chi connectivity index (χ3n) is 2.47. The van der Waals surface area contributed by atoms with Gasteiger partial charge in [-0.2, -0.15) is 0 Å². The summed E-state index contributed by atoms with van der Waals surface area (Å²) < 4.78 is 31.8. The van der Waals surface area contributed by atoms with E-state index < -0.39 is 10.0 Å². The Hall–Kier alpha value is -0.890.